The van der Waals surface area contributed by atoms with Gasteiger partial charge in [-0.05, 0) is 17.7 Å². The lowest BCUT2D eigenvalue weighted by atomic mass is 10.1. The van der Waals surface area contributed by atoms with Crippen LogP contribution < -0.4 is 4.72 Å². The summed E-state index contributed by atoms with van der Waals surface area (Å²) in [6.45, 7) is 2.89. The van der Waals surface area contributed by atoms with Gasteiger partial charge in [-0.2, -0.15) is 0 Å². The third kappa shape index (κ3) is 3.85. The topological polar surface area (TPSA) is 98.8 Å². The molecule has 0 atom stereocenters. The Morgan fingerprint density at radius 1 is 1.09 bits per heavy atom. The van der Waals surface area contributed by atoms with Crippen molar-refractivity contribution in [1.82, 2.24) is 0 Å². The lowest BCUT2D eigenvalue weighted by molar-refractivity contribution is -0.222. The predicted octanol–water partition coefficient (Wildman–Crippen LogP) is 1.28. The zero-order valence-electron chi connectivity index (χ0n) is 12.2. The average Bonchev–Trinajstić information content (AvgIpc) is 2.32. The van der Waals surface area contributed by atoms with Gasteiger partial charge in [-0.1, -0.05) is 18.2 Å². The zero-order chi connectivity index (χ0) is 16.5. The Balaban J connectivity index is 2.42. The molecule has 118 valence electrons. The Morgan fingerprint density at radius 2 is 1.64 bits per heavy atom. The number of esters is 2. The second-order valence-corrected chi connectivity index (χ2v) is 6.95. The molecule has 0 aromatic heterocycles. The number of benzene rings is 1. The van der Waals surface area contributed by atoms with Crippen LogP contribution in [0.5, 0.6) is 0 Å². The molecule has 0 spiro atoms. The molecule has 1 aromatic rings. The minimum Gasteiger partial charge on any atom is -0.419 e. The van der Waals surface area contributed by atoms with Gasteiger partial charge in [-0.3, -0.25) is 4.72 Å². The Kier molecular flexibility index (Phi) is 3.97. The molecule has 2 rings (SSSR count). The smallest absolute Gasteiger partial charge is 0.348 e. The van der Waals surface area contributed by atoms with Crippen LogP contribution in [0.25, 0.3) is 6.08 Å². The van der Waals surface area contributed by atoms with Gasteiger partial charge in [0.15, 0.2) is 0 Å². The number of cyclic esters (lactones) is 2. The Bertz CT molecular complexity index is 741. The summed E-state index contributed by atoms with van der Waals surface area (Å²) in [5.41, 5.74) is 0.279. The molecule has 0 unspecified atom stereocenters. The van der Waals surface area contributed by atoms with E-state index in [1.807, 2.05) is 0 Å². The number of para-hydroxylation sites is 1. The number of rotatable bonds is 3. The Morgan fingerprint density at radius 3 is 2.18 bits per heavy atom. The van der Waals surface area contributed by atoms with Gasteiger partial charge in [0.1, 0.15) is 5.57 Å². The monoisotopic (exact) mass is 325 g/mol. The molecule has 0 amide bonds. The molecular weight excluding hydrogens is 310 g/mol. The first-order valence-electron chi connectivity index (χ1n) is 6.33. The number of carbonyl (C=O) groups excluding carboxylic acids is 2. The van der Waals surface area contributed by atoms with Crippen LogP contribution in [0.3, 0.4) is 0 Å². The van der Waals surface area contributed by atoms with Gasteiger partial charge < -0.3 is 9.47 Å². The molecule has 0 radical (unpaired) electrons. The molecule has 1 aliphatic heterocycles. The van der Waals surface area contributed by atoms with Crippen LogP contribution in [-0.2, 0) is 29.1 Å². The molecule has 8 heteroatoms. The van der Waals surface area contributed by atoms with E-state index in [1.54, 1.807) is 18.2 Å². The van der Waals surface area contributed by atoms with Gasteiger partial charge in [0.05, 0.1) is 11.9 Å². The van der Waals surface area contributed by atoms with Crippen molar-refractivity contribution in [2.75, 3.05) is 11.0 Å². The van der Waals surface area contributed by atoms with Gasteiger partial charge >= 0.3 is 11.9 Å². The fraction of sp³-hybridized carbons (Fsp3) is 0.286. The van der Waals surface area contributed by atoms with E-state index in [9.17, 15) is 18.0 Å². The summed E-state index contributed by atoms with van der Waals surface area (Å²) in [5.74, 6) is -2.97. The molecule has 7 nitrogen and oxygen atoms in total. The van der Waals surface area contributed by atoms with Crippen molar-refractivity contribution in [2.45, 2.75) is 19.6 Å². The van der Waals surface area contributed by atoms with E-state index in [-0.39, 0.29) is 11.3 Å². The number of nitrogens with one attached hydrogen (secondary N) is 1. The van der Waals surface area contributed by atoms with Crippen LogP contribution in [0.1, 0.15) is 19.4 Å². The molecule has 1 aliphatic rings. The molecule has 1 aromatic carbocycles. The maximum atomic E-state index is 11.9. The first-order valence-corrected chi connectivity index (χ1v) is 8.22. The molecule has 1 saturated heterocycles. The van der Waals surface area contributed by atoms with Gasteiger partial charge in [0.25, 0.3) is 5.79 Å². The van der Waals surface area contributed by atoms with Crippen LogP contribution in [0, 0.1) is 0 Å². The van der Waals surface area contributed by atoms with Crippen molar-refractivity contribution in [1.29, 1.82) is 0 Å². The fourth-order valence-electron chi connectivity index (χ4n) is 1.85. The van der Waals surface area contributed by atoms with Crippen LogP contribution >= 0.6 is 0 Å². The number of sulfonamides is 1. The van der Waals surface area contributed by atoms with Gasteiger partial charge in [0, 0.05) is 13.8 Å². The van der Waals surface area contributed by atoms with Crippen LogP contribution in [0.15, 0.2) is 29.8 Å². The first-order chi connectivity index (χ1) is 10.1. The average molecular weight is 325 g/mol. The lowest BCUT2D eigenvalue weighted by Gasteiger charge is -2.29. The highest BCUT2D eigenvalue weighted by Crippen LogP contribution is 2.26. The number of ether oxygens (including phenoxy) is 2. The van der Waals surface area contributed by atoms with E-state index in [2.05, 4.69) is 4.72 Å². The van der Waals surface area contributed by atoms with Crippen LogP contribution in [0.2, 0.25) is 0 Å². The number of anilines is 1. The molecule has 0 aliphatic carbocycles. The normalized spacial score (nSPS) is 17.5. The van der Waals surface area contributed by atoms with E-state index < -0.39 is 27.7 Å². The zero-order valence-corrected chi connectivity index (χ0v) is 13.1. The third-order valence-electron chi connectivity index (χ3n) is 2.67. The van der Waals surface area contributed by atoms with Crippen molar-refractivity contribution in [3.63, 3.8) is 0 Å². The van der Waals surface area contributed by atoms with Crippen molar-refractivity contribution in [3.05, 3.63) is 35.4 Å². The highest BCUT2D eigenvalue weighted by molar-refractivity contribution is 7.92. The van der Waals surface area contributed by atoms with Crippen molar-refractivity contribution in [3.8, 4) is 0 Å². The third-order valence-corrected chi connectivity index (χ3v) is 3.26. The molecule has 0 saturated carbocycles. The summed E-state index contributed by atoms with van der Waals surface area (Å²) in [5, 5.41) is 0. The van der Waals surface area contributed by atoms with Gasteiger partial charge in [-0.25, -0.2) is 18.0 Å². The highest BCUT2D eigenvalue weighted by atomic mass is 32.2. The Labute approximate surface area is 128 Å². The largest absolute Gasteiger partial charge is 0.419 e. The fourth-order valence-corrected chi connectivity index (χ4v) is 2.43. The lowest BCUT2D eigenvalue weighted by Crippen LogP contribution is -2.41. The van der Waals surface area contributed by atoms with E-state index in [1.165, 1.54) is 26.0 Å². The van der Waals surface area contributed by atoms with Crippen molar-refractivity contribution >= 4 is 33.7 Å². The van der Waals surface area contributed by atoms with Gasteiger partial charge in [-0.15, -0.1) is 0 Å². The van der Waals surface area contributed by atoms with E-state index in [4.69, 9.17) is 9.47 Å². The van der Waals surface area contributed by atoms with Crippen LogP contribution in [-0.4, -0.2) is 32.4 Å². The summed E-state index contributed by atoms with van der Waals surface area (Å²) in [6, 6.07) is 6.33. The summed E-state index contributed by atoms with van der Waals surface area (Å²) >= 11 is 0. The molecule has 1 N–H and O–H groups in total. The number of hydrogen-bond acceptors (Lipinski definition) is 6. The molecule has 1 fully saturated rings. The van der Waals surface area contributed by atoms with Gasteiger partial charge in [0.2, 0.25) is 10.0 Å². The maximum Gasteiger partial charge on any atom is 0.348 e. The summed E-state index contributed by atoms with van der Waals surface area (Å²) in [4.78, 5) is 23.8. The second kappa shape index (κ2) is 5.45. The van der Waals surface area contributed by atoms with E-state index >= 15 is 0 Å². The van der Waals surface area contributed by atoms with E-state index in [0.717, 1.165) is 6.26 Å². The van der Waals surface area contributed by atoms with Crippen molar-refractivity contribution < 1.29 is 27.5 Å². The number of hydrogen-bond donors (Lipinski definition) is 1. The van der Waals surface area contributed by atoms with Crippen LogP contribution in [0.4, 0.5) is 5.69 Å². The quantitative estimate of drug-likeness (QED) is 0.510. The SMILES string of the molecule is CC1(C)OC(=O)C(=Cc2ccccc2NS(C)(=O)=O)C(=O)O1. The maximum absolute atomic E-state index is 11.9. The second-order valence-electron chi connectivity index (χ2n) is 5.20. The summed E-state index contributed by atoms with van der Waals surface area (Å²) < 4.78 is 35.0. The first kappa shape index (κ1) is 16.0. The highest BCUT2D eigenvalue weighted by Gasteiger charge is 2.38. The molecular formula is C14H15NO6S. The number of carbonyl (C=O) groups is 2. The predicted molar refractivity (Wildman–Crippen MR) is 79.1 cm³/mol. The summed E-state index contributed by atoms with van der Waals surface area (Å²) in [6.07, 6.45) is 2.23. The van der Waals surface area contributed by atoms with Crippen molar-refractivity contribution in [2.24, 2.45) is 0 Å². The minimum atomic E-state index is -3.50. The molecule has 0 bridgehead atoms. The van der Waals surface area contributed by atoms with E-state index in [0.29, 0.717) is 5.56 Å². The summed E-state index contributed by atoms with van der Waals surface area (Å²) in [7, 11) is -3.50. The molecule has 1 heterocycles. The Hall–Kier alpha value is -2.35. The standard InChI is InChI=1S/C14H15NO6S/c1-14(2)20-12(16)10(13(17)21-14)8-9-6-4-5-7-11(9)15-22(3,18)19/h4-8,15H,1-3H3. The molecule has 22 heavy (non-hydrogen) atoms. The minimum absolute atomic E-state index is 0.239.